The zero-order valence-electron chi connectivity index (χ0n) is 16.4. The maximum absolute atomic E-state index is 12.4. The third-order valence-corrected chi connectivity index (χ3v) is 4.36. The summed E-state index contributed by atoms with van der Waals surface area (Å²) in [6, 6.07) is 15.0. The van der Waals surface area contributed by atoms with Crippen molar-refractivity contribution in [2.75, 3.05) is 13.2 Å². The van der Waals surface area contributed by atoms with Gasteiger partial charge in [-0.1, -0.05) is 57.5 Å². The van der Waals surface area contributed by atoms with Crippen LogP contribution in [0, 0.1) is 0 Å². The Morgan fingerprint density at radius 1 is 1.11 bits per heavy atom. The molecule has 0 spiro atoms. The van der Waals surface area contributed by atoms with E-state index in [-0.39, 0.29) is 11.3 Å². The van der Waals surface area contributed by atoms with E-state index in [0.717, 1.165) is 11.3 Å². The average molecular weight is 390 g/mol. The Balaban J connectivity index is 1.84. The molecule has 27 heavy (non-hydrogen) atoms. The van der Waals surface area contributed by atoms with Crippen LogP contribution in [0.4, 0.5) is 0 Å². The molecule has 0 unspecified atom stereocenters. The fourth-order valence-electron chi connectivity index (χ4n) is 2.66. The minimum absolute atomic E-state index is 0.000429. The van der Waals surface area contributed by atoms with Gasteiger partial charge in [-0.25, -0.2) is 0 Å². The number of para-hydroxylation sites is 1. The van der Waals surface area contributed by atoms with E-state index >= 15 is 0 Å². The molecule has 1 amide bonds. The second-order valence-electron chi connectivity index (χ2n) is 7.35. The number of nitrogens with one attached hydrogen (secondary N) is 1. The summed E-state index contributed by atoms with van der Waals surface area (Å²) in [6.45, 7) is 9.18. The fourth-order valence-corrected chi connectivity index (χ4v) is 2.79. The van der Waals surface area contributed by atoms with Gasteiger partial charge < -0.3 is 14.8 Å². The van der Waals surface area contributed by atoms with Crippen LogP contribution in [0.1, 0.15) is 39.7 Å². The predicted molar refractivity (Wildman–Crippen MR) is 110 cm³/mol. The Hall–Kier alpha value is -2.20. The summed E-state index contributed by atoms with van der Waals surface area (Å²) in [4.78, 5) is 12.4. The lowest BCUT2D eigenvalue weighted by molar-refractivity contribution is -0.128. The molecule has 0 aromatic heterocycles. The number of carbonyl (C=O) groups excluding carboxylic acids is 1. The lowest BCUT2D eigenvalue weighted by atomic mass is 9.86. The molecule has 2 aromatic carbocycles. The summed E-state index contributed by atoms with van der Waals surface area (Å²) in [5, 5.41) is 3.51. The van der Waals surface area contributed by atoms with Crippen molar-refractivity contribution in [2.45, 2.75) is 45.6 Å². The summed E-state index contributed by atoms with van der Waals surface area (Å²) in [5.41, 5.74) is 1.15. The summed E-state index contributed by atoms with van der Waals surface area (Å²) < 4.78 is 11.6. The number of amides is 1. The van der Waals surface area contributed by atoms with Crippen LogP contribution < -0.4 is 14.8 Å². The van der Waals surface area contributed by atoms with Crippen LogP contribution in [-0.2, 0) is 10.2 Å². The molecule has 4 nitrogen and oxygen atoms in total. The Morgan fingerprint density at radius 2 is 1.78 bits per heavy atom. The number of halogens is 1. The van der Waals surface area contributed by atoms with Crippen LogP contribution in [0.15, 0.2) is 48.5 Å². The normalized spacial score (nSPS) is 12.3. The first-order valence-electron chi connectivity index (χ1n) is 9.23. The Morgan fingerprint density at radius 3 is 2.41 bits per heavy atom. The van der Waals surface area contributed by atoms with Crippen molar-refractivity contribution >= 4 is 17.5 Å². The van der Waals surface area contributed by atoms with Crippen molar-refractivity contribution in [1.82, 2.24) is 5.32 Å². The van der Waals surface area contributed by atoms with Crippen LogP contribution in [-0.4, -0.2) is 25.2 Å². The first-order valence-corrected chi connectivity index (χ1v) is 9.61. The standard InChI is InChI=1S/C22H28ClNO3/c1-5-19(27-17-12-10-16(23)11-13-17)21(25)24-14-15-26-20-9-7-6-8-18(20)22(2,3)4/h6-13,19H,5,14-15H2,1-4H3,(H,24,25)/t19-/m1/s1. The lowest BCUT2D eigenvalue weighted by Crippen LogP contribution is -2.39. The highest BCUT2D eigenvalue weighted by atomic mass is 35.5. The monoisotopic (exact) mass is 389 g/mol. The van der Waals surface area contributed by atoms with Crippen LogP contribution in [0.3, 0.4) is 0 Å². The molecule has 0 bridgehead atoms. The SMILES string of the molecule is CC[C@@H](Oc1ccc(Cl)cc1)C(=O)NCCOc1ccccc1C(C)(C)C. The lowest BCUT2D eigenvalue weighted by Gasteiger charge is -2.23. The molecule has 0 aliphatic heterocycles. The van der Waals surface area contributed by atoms with E-state index in [1.54, 1.807) is 24.3 Å². The van der Waals surface area contributed by atoms with Gasteiger partial charge in [-0.2, -0.15) is 0 Å². The summed E-state index contributed by atoms with van der Waals surface area (Å²) >= 11 is 5.87. The molecule has 5 heteroatoms. The highest BCUT2D eigenvalue weighted by Crippen LogP contribution is 2.30. The van der Waals surface area contributed by atoms with Crippen LogP contribution in [0.5, 0.6) is 11.5 Å². The highest BCUT2D eigenvalue weighted by Gasteiger charge is 2.19. The summed E-state index contributed by atoms with van der Waals surface area (Å²) in [6.07, 6.45) is 0.0235. The second kappa shape index (κ2) is 9.65. The van der Waals surface area contributed by atoms with E-state index in [2.05, 4.69) is 32.2 Å². The van der Waals surface area contributed by atoms with Crippen LogP contribution in [0.25, 0.3) is 0 Å². The first kappa shape index (κ1) is 21.1. The topological polar surface area (TPSA) is 47.6 Å². The van der Waals surface area contributed by atoms with E-state index in [9.17, 15) is 4.79 Å². The zero-order valence-corrected chi connectivity index (χ0v) is 17.2. The Bertz CT molecular complexity index is 738. The van der Waals surface area contributed by atoms with Crippen LogP contribution >= 0.6 is 11.6 Å². The molecule has 1 N–H and O–H groups in total. The van der Waals surface area contributed by atoms with Gasteiger partial charge in [0.15, 0.2) is 6.10 Å². The molecule has 0 saturated carbocycles. The number of carbonyl (C=O) groups is 1. The first-order chi connectivity index (χ1) is 12.8. The van der Waals surface area contributed by atoms with Crippen molar-refractivity contribution in [2.24, 2.45) is 0 Å². The molecule has 0 fully saturated rings. The number of ether oxygens (including phenoxy) is 2. The van der Waals surface area contributed by atoms with E-state index < -0.39 is 6.10 Å². The molecule has 0 aliphatic carbocycles. The molecule has 0 aliphatic rings. The predicted octanol–water partition coefficient (Wildman–Crippen LogP) is 4.99. The fraction of sp³-hybridized carbons (Fsp3) is 0.409. The summed E-state index contributed by atoms with van der Waals surface area (Å²) in [7, 11) is 0. The molecular weight excluding hydrogens is 362 g/mol. The van der Waals surface area contributed by atoms with E-state index in [1.807, 2.05) is 25.1 Å². The molecule has 0 heterocycles. The van der Waals surface area contributed by atoms with Gasteiger partial charge in [-0.3, -0.25) is 4.79 Å². The largest absolute Gasteiger partial charge is 0.491 e. The van der Waals surface area contributed by atoms with Gasteiger partial charge in [0.2, 0.25) is 0 Å². The van der Waals surface area contributed by atoms with Gasteiger partial charge in [-0.15, -0.1) is 0 Å². The zero-order chi connectivity index (χ0) is 19.9. The Labute approximate surface area is 166 Å². The van der Waals surface area contributed by atoms with Gasteiger partial charge in [0.05, 0.1) is 6.54 Å². The smallest absolute Gasteiger partial charge is 0.261 e. The van der Waals surface area contributed by atoms with Gasteiger partial charge >= 0.3 is 0 Å². The van der Waals surface area contributed by atoms with Crippen LogP contribution in [0.2, 0.25) is 5.02 Å². The van der Waals surface area contributed by atoms with E-state index in [1.165, 1.54) is 0 Å². The summed E-state index contributed by atoms with van der Waals surface area (Å²) in [5.74, 6) is 1.32. The quantitative estimate of drug-likeness (QED) is 0.647. The molecule has 2 aromatic rings. The van der Waals surface area contributed by atoms with Crippen molar-refractivity contribution in [1.29, 1.82) is 0 Å². The van der Waals surface area contributed by atoms with Gasteiger partial charge in [0.25, 0.3) is 5.91 Å². The minimum Gasteiger partial charge on any atom is -0.491 e. The minimum atomic E-state index is -0.548. The molecule has 2 rings (SSSR count). The average Bonchev–Trinajstić information content (AvgIpc) is 2.64. The molecular formula is C22H28ClNO3. The van der Waals surface area contributed by atoms with E-state index in [4.69, 9.17) is 21.1 Å². The maximum atomic E-state index is 12.4. The maximum Gasteiger partial charge on any atom is 0.261 e. The van der Waals surface area contributed by atoms with Gasteiger partial charge in [-0.05, 0) is 47.7 Å². The molecule has 0 radical (unpaired) electrons. The molecule has 1 atom stereocenters. The third-order valence-electron chi connectivity index (χ3n) is 4.11. The molecule has 146 valence electrons. The van der Waals surface area contributed by atoms with Crippen molar-refractivity contribution < 1.29 is 14.3 Å². The second-order valence-corrected chi connectivity index (χ2v) is 7.79. The number of benzene rings is 2. The van der Waals surface area contributed by atoms with Crippen molar-refractivity contribution in [3.63, 3.8) is 0 Å². The van der Waals surface area contributed by atoms with Gasteiger partial charge in [0.1, 0.15) is 18.1 Å². The van der Waals surface area contributed by atoms with E-state index in [0.29, 0.717) is 30.3 Å². The number of hydrogen-bond acceptors (Lipinski definition) is 3. The van der Waals surface area contributed by atoms with Crippen molar-refractivity contribution in [3.8, 4) is 11.5 Å². The Kier molecular flexibility index (Phi) is 7.55. The number of hydrogen-bond donors (Lipinski definition) is 1. The number of rotatable bonds is 8. The third kappa shape index (κ3) is 6.47. The molecule has 0 saturated heterocycles. The van der Waals surface area contributed by atoms with Crippen molar-refractivity contribution in [3.05, 3.63) is 59.1 Å². The van der Waals surface area contributed by atoms with Gasteiger partial charge in [0, 0.05) is 5.02 Å². The highest BCUT2D eigenvalue weighted by molar-refractivity contribution is 6.30.